The molecule has 0 unspecified atom stereocenters. The quantitative estimate of drug-likeness (QED) is 0.845. The third kappa shape index (κ3) is 3.00. The SMILES string of the molecule is COCCCc1noc(-c2ccc(Cl)cc2O)n1. The highest BCUT2D eigenvalue weighted by Crippen LogP contribution is 2.30. The third-order valence-electron chi connectivity index (χ3n) is 2.41. The summed E-state index contributed by atoms with van der Waals surface area (Å²) in [5.74, 6) is 0.905. The molecule has 0 amide bonds. The Balaban J connectivity index is 2.13. The van der Waals surface area contributed by atoms with E-state index in [1.807, 2.05) is 0 Å². The van der Waals surface area contributed by atoms with E-state index in [1.165, 1.54) is 6.07 Å². The first-order valence-electron chi connectivity index (χ1n) is 5.51. The predicted molar refractivity (Wildman–Crippen MR) is 66.6 cm³/mol. The van der Waals surface area contributed by atoms with Crippen LogP contribution in [-0.4, -0.2) is 29.0 Å². The molecule has 6 heteroatoms. The van der Waals surface area contributed by atoms with Gasteiger partial charge in [0.05, 0.1) is 5.56 Å². The number of nitrogens with zero attached hydrogens (tertiary/aromatic N) is 2. The van der Waals surface area contributed by atoms with Gasteiger partial charge in [0.2, 0.25) is 0 Å². The van der Waals surface area contributed by atoms with Crippen LogP contribution in [0, 0.1) is 0 Å². The Kier molecular flexibility index (Phi) is 4.17. The van der Waals surface area contributed by atoms with Crippen LogP contribution >= 0.6 is 11.6 Å². The Morgan fingerprint density at radius 3 is 3.00 bits per heavy atom. The van der Waals surface area contributed by atoms with Gasteiger partial charge in [-0.1, -0.05) is 16.8 Å². The second-order valence-electron chi connectivity index (χ2n) is 3.77. The fourth-order valence-electron chi connectivity index (χ4n) is 1.53. The number of methoxy groups -OCH3 is 1. The molecule has 1 N–H and O–H groups in total. The number of aryl methyl sites for hydroxylation is 1. The molecule has 1 heterocycles. The summed E-state index contributed by atoms with van der Waals surface area (Å²) < 4.78 is 10.0. The van der Waals surface area contributed by atoms with Crippen LogP contribution in [0.25, 0.3) is 11.5 Å². The van der Waals surface area contributed by atoms with E-state index in [2.05, 4.69) is 10.1 Å². The van der Waals surface area contributed by atoms with Gasteiger partial charge in [0.1, 0.15) is 5.75 Å². The number of halogens is 1. The van der Waals surface area contributed by atoms with Crippen LogP contribution in [-0.2, 0) is 11.2 Å². The largest absolute Gasteiger partial charge is 0.507 e. The molecule has 0 bridgehead atoms. The topological polar surface area (TPSA) is 68.4 Å². The smallest absolute Gasteiger partial charge is 0.261 e. The normalized spacial score (nSPS) is 10.8. The molecule has 2 aromatic rings. The van der Waals surface area contributed by atoms with Gasteiger partial charge in [-0.3, -0.25) is 0 Å². The van der Waals surface area contributed by atoms with Crippen LogP contribution in [0.5, 0.6) is 5.75 Å². The number of hydrogen-bond acceptors (Lipinski definition) is 5. The maximum atomic E-state index is 9.74. The number of hydrogen-bond donors (Lipinski definition) is 1. The zero-order valence-electron chi connectivity index (χ0n) is 9.89. The van der Waals surface area contributed by atoms with Crippen LogP contribution in [0.4, 0.5) is 0 Å². The summed E-state index contributed by atoms with van der Waals surface area (Å²) in [6.45, 7) is 0.649. The molecule has 96 valence electrons. The molecule has 0 aliphatic carbocycles. The maximum absolute atomic E-state index is 9.74. The van der Waals surface area contributed by atoms with E-state index in [0.29, 0.717) is 29.4 Å². The summed E-state index contributed by atoms with van der Waals surface area (Å²) in [4.78, 5) is 4.21. The number of aromatic hydroxyl groups is 1. The van der Waals surface area contributed by atoms with Crippen molar-refractivity contribution in [3.8, 4) is 17.2 Å². The first-order chi connectivity index (χ1) is 8.70. The summed E-state index contributed by atoms with van der Waals surface area (Å²) in [6.07, 6.45) is 1.49. The van der Waals surface area contributed by atoms with Gasteiger partial charge >= 0.3 is 0 Å². The van der Waals surface area contributed by atoms with E-state index in [9.17, 15) is 5.11 Å². The van der Waals surface area contributed by atoms with Crippen molar-refractivity contribution in [2.45, 2.75) is 12.8 Å². The molecule has 0 fully saturated rings. The van der Waals surface area contributed by atoms with E-state index in [4.69, 9.17) is 20.9 Å². The van der Waals surface area contributed by atoms with Crippen LogP contribution < -0.4 is 0 Å². The lowest BCUT2D eigenvalue weighted by Crippen LogP contribution is -1.94. The number of aromatic nitrogens is 2. The van der Waals surface area contributed by atoms with Gasteiger partial charge in [-0.05, 0) is 24.6 Å². The molecule has 0 radical (unpaired) electrons. The minimum Gasteiger partial charge on any atom is -0.507 e. The van der Waals surface area contributed by atoms with Crippen LogP contribution in [0.1, 0.15) is 12.2 Å². The van der Waals surface area contributed by atoms with Crippen LogP contribution in [0.15, 0.2) is 22.7 Å². The van der Waals surface area contributed by atoms with Crippen LogP contribution in [0.2, 0.25) is 5.02 Å². The van der Waals surface area contributed by atoms with Gasteiger partial charge < -0.3 is 14.4 Å². The molecular weight excluding hydrogens is 256 g/mol. The van der Waals surface area contributed by atoms with Crippen molar-refractivity contribution in [2.75, 3.05) is 13.7 Å². The lowest BCUT2D eigenvalue weighted by Gasteiger charge is -1.98. The molecule has 0 atom stereocenters. The van der Waals surface area contributed by atoms with Crippen molar-refractivity contribution in [2.24, 2.45) is 0 Å². The van der Waals surface area contributed by atoms with E-state index in [1.54, 1.807) is 19.2 Å². The number of rotatable bonds is 5. The van der Waals surface area contributed by atoms with Gasteiger partial charge in [-0.15, -0.1) is 0 Å². The van der Waals surface area contributed by atoms with Gasteiger partial charge in [-0.25, -0.2) is 0 Å². The molecule has 1 aromatic heterocycles. The second kappa shape index (κ2) is 5.84. The highest BCUT2D eigenvalue weighted by atomic mass is 35.5. The Hall–Kier alpha value is -1.59. The Morgan fingerprint density at radius 1 is 1.44 bits per heavy atom. The number of ether oxygens (including phenoxy) is 1. The third-order valence-corrected chi connectivity index (χ3v) is 2.64. The summed E-state index contributed by atoms with van der Waals surface area (Å²) in [7, 11) is 1.65. The molecule has 18 heavy (non-hydrogen) atoms. The summed E-state index contributed by atoms with van der Waals surface area (Å²) >= 11 is 5.75. The average molecular weight is 269 g/mol. The van der Waals surface area contributed by atoms with E-state index < -0.39 is 0 Å². The molecular formula is C12H13ClN2O3. The van der Waals surface area contributed by atoms with Crippen molar-refractivity contribution in [3.05, 3.63) is 29.0 Å². The van der Waals surface area contributed by atoms with E-state index in [-0.39, 0.29) is 11.6 Å². The molecule has 0 saturated carbocycles. The van der Waals surface area contributed by atoms with Crippen molar-refractivity contribution < 1.29 is 14.4 Å². The van der Waals surface area contributed by atoms with Crippen LogP contribution in [0.3, 0.4) is 0 Å². The number of phenolic OH excluding ortho intramolecular Hbond substituents is 1. The summed E-state index contributed by atoms with van der Waals surface area (Å²) in [5, 5.41) is 14.0. The van der Waals surface area contributed by atoms with Crippen molar-refractivity contribution in [3.63, 3.8) is 0 Å². The summed E-state index contributed by atoms with van der Waals surface area (Å²) in [5.41, 5.74) is 0.477. The number of benzene rings is 1. The molecule has 1 aromatic carbocycles. The van der Waals surface area contributed by atoms with Gasteiger partial charge in [-0.2, -0.15) is 4.98 Å². The zero-order chi connectivity index (χ0) is 13.0. The molecule has 2 rings (SSSR count). The Morgan fingerprint density at radius 2 is 2.28 bits per heavy atom. The van der Waals surface area contributed by atoms with E-state index in [0.717, 1.165) is 6.42 Å². The lowest BCUT2D eigenvalue weighted by atomic mass is 10.2. The Labute approximate surface area is 109 Å². The molecule has 0 saturated heterocycles. The lowest BCUT2D eigenvalue weighted by molar-refractivity contribution is 0.194. The predicted octanol–water partition coefficient (Wildman–Crippen LogP) is 2.67. The Bertz CT molecular complexity index is 528. The molecule has 0 aliphatic rings. The fourth-order valence-corrected chi connectivity index (χ4v) is 1.69. The van der Waals surface area contributed by atoms with Gasteiger partial charge in [0.15, 0.2) is 5.82 Å². The standard InChI is InChI=1S/C12H13ClN2O3/c1-17-6-2-3-11-14-12(18-15-11)9-5-4-8(13)7-10(9)16/h4-5,7,16H,2-3,6H2,1H3. The zero-order valence-corrected chi connectivity index (χ0v) is 10.6. The van der Waals surface area contributed by atoms with Gasteiger partial charge in [0.25, 0.3) is 5.89 Å². The first-order valence-corrected chi connectivity index (χ1v) is 5.89. The first kappa shape index (κ1) is 12.9. The molecule has 0 spiro atoms. The van der Waals surface area contributed by atoms with Gasteiger partial charge in [0, 0.05) is 25.2 Å². The summed E-state index contributed by atoms with van der Waals surface area (Å²) in [6, 6.07) is 4.74. The highest BCUT2D eigenvalue weighted by molar-refractivity contribution is 6.30. The number of phenols is 1. The minimum atomic E-state index is 0.0228. The highest BCUT2D eigenvalue weighted by Gasteiger charge is 2.12. The second-order valence-corrected chi connectivity index (χ2v) is 4.21. The monoisotopic (exact) mass is 268 g/mol. The fraction of sp³-hybridized carbons (Fsp3) is 0.333. The maximum Gasteiger partial charge on any atom is 0.261 e. The average Bonchev–Trinajstić information content (AvgIpc) is 2.78. The molecule has 5 nitrogen and oxygen atoms in total. The van der Waals surface area contributed by atoms with Crippen molar-refractivity contribution >= 4 is 11.6 Å². The molecule has 0 aliphatic heterocycles. The minimum absolute atomic E-state index is 0.0228. The van der Waals surface area contributed by atoms with E-state index >= 15 is 0 Å². The van der Waals surface area contributed by atoms with Crippen molar-refractivity contribution in [1.82, 2.24) is 10.1 Å². The van der Waals surface area contributed by atoms with Crippen molar-refractivity contribution in [1.29, 1.82) is 0 Å².